The highest BCUT2D eigenvalue weighted by atomic mass is 32.1. The molecular formula is C25H21N3O5S. The number of aliphatic carboxylic acids is 1. The molecule has 3 aromatic rings. The van der Waals surface area contributed by atoms with Gasteiger partial charge in [-0.3, -0.25) is 14.9 Å². The van der Waals surface area contributed by atoms with Crippen molar-refractivity contribution in [1.82, 2.24) is 9.88 Å². The van der Waals surface area contributed by atoms with Crippen LogP contribution in [0.1, 0.15) is 22.7 Å². The van der Waals surface area contributed by atoms with E-state index < -0.39 is 24.5 Å². The van der Waals surface area contributed by atoms with Gasteiger partial charge in [-0.15, -0.1) is 17.8 Å². The van der Waals surface area contributed by atoms with Crippen LogP contribution in [0, 0.1) is 12.3 Å². The third-order valence-electron chi connectivity index (χ3n) is 5.40. The number of anilines is 1. The molecule has 2 amide bonds. The Morgan fingerprint density at radius 1 is 1.12 bits per heavy atom. The van der Waals surface area contributed by atoms with Gasteiger partial charge in [-0.1, -0.05) is 54.5 Å². The van der Waals surface area contributed by atoms with Gasteiger partial charge in [0.15, 0.2) is 5.13 Å². The highest BCUT2D eigenvalue weighted by Crippen LogP contribution is 2.44. The lowest BCUT2D eigenvalue weighted by molar-refractivity contribution is -0.143. The number of nitrogens with one attached hydrogen (secondary N) is 1. The Balaban J connectivity index is 1.35. The molecule has 0 unspecified atom stereocenters. The first-order chi connectivity index (χ1) is 16.5. The number of carboxylic acids is 1. The zero-order valence-corrected chi connectivity index (χ0v) is 18.9. The number of ether oxygens (including phenoxy) is 1. The molecule has 1 aliphatic rings. The standard InChI is InChI=1S/C25H21N3O5S/c1-2-11-28(13-23(30)31)22(29)12-16-15-34-24(26-16)27-25(32)33-14-21-19-9-5-3-7-17(19)18-8-4-6-10-20(18)21/h1,3-10,15,21H,11-14H2,(H,30,31)(H,26,27,32). The number of terminal acetylenes is 1. The number of fused-ring (bicyclic) bond motifs is 3. The quantitative estimate of drug-likeness (QED) is 0.482. The maximum Gasteiger partial charge on any atom is 0.413 e. The van der Waals surface area contributed by atoms with Gasteiger partial charge >= 0.3 is 12.1 Å². The van der Waals surface area contributed by atoms with E-state index in [9.17, 15) is 14.4 Å². The molecule has 2 aromatic carbocycles. The van der Waals surface area contributed by atoms with Gasteiger partial charge < -0.3 is 14.7 Å². The van der Waals surface area contributed by atoms with Gasteiger partial charge in [-0.05, 0) is 22.3 Å². The molecular weight excluding hydrogens is 454 g/mol. The van der Waals surface area contributed by atoms with E-state index in [2.05, 4.69) is 28.4 Å². The van der Waals surface area contributed by atoms with E-state index in [-0.39, 0.29) is 30.6 Å². The first kappa shape index (κ1) is 23.0. The van der Waals surface area contributed by atoms with Crippen LogP contribution in [0.4, 0.5) is 9.93 Å². The van der Waals surface area contributed by atoms with E-state index in [0.717, 1.165) is 38.5 Å². The number of benzene rings is 2. The van der Waals surface area contributed by atoms with E-state index in [1.165, 1.54) is 0 Å². The number of carboxylic acid groups (broad SMARTS) is 1. The molecule has 0 bridgehead atoms. The minimum Gasteiger partial charge on any atom is -0.480 e. The molecule has 4 rings (SSSR count). The average Bonchev–Trinajstić information content (AvgIpc) is 3.39. The van der Waals surface area contributed by atoms with E-state index in [1.807, 2.05) is 36.4 Å². The van der Waals surface area contributed by atoms with Gasteiger partial charge in [0.1, 0.15) is 13.2 Å². The number of carbonyl (C=O) groups excluding carboxylic acids is 2. The second kappa shape index (κ2) is 10.2. The smallest absolute Gasteiger partial charge is 0.413 e. The van der Waals surface area contributed by atoms with Crippen molar-refractivity contribution in [2.75, 3.05) is 25.0 Å². The van der Waals surface area contributed by atoms with Crippen LogP contribution in [0.25, 0.3) is 11.1 Å². The van der Waals surface area contributed by atoms with E-state index in [4.69, 9.17) is 16.3 Å². The molecule has 1 heterocycles. The highest BCUT2D eigenvalue weighted by molar-refractivity contribution is 7.13. The van der Waals surface area contributed by atoms with Crippen LogP contribution in [0.5, 0.6) is 0 Å². The summed E-state index contributed by atoms with van der Waals surface area (Å²) >= 11 is 1.14. The van der Waals surface area contributed by atoms with Gasteiger partial charge in [0, 0.05) is 11.3 Å². The predicted molar refractivity (Wildman–Crippen MR) is 128 cm³/mol. The van der Waals surface area contributed by atoms with Crippen molar-refractivity contribution in [2.24, 2.45) is 0 Å². The van der Waals surface area contributed by atoms with Gasteiger partial charge in [-0.25, -0.2) is 9.78 Å². The van der Waals surface area contributed by atoms with E-state index in [0.29, 0.717) is 5.69 Å². The second-order valence-corrected chi connectivity index (χ2v) is 8.48. The minimum absolute atomic E-state index is 0.0565. The van der Waals surface area contributed by atoms with Crippen molar-refractivity contribution in [3.63, 3.8) is 0 Å². The number of thiazole rings is 1. The van der Waals surface area contributed by atoms with E-state index in [1.54, 1.807) is 5.38 Å². The third kappa shape index (κ3) is 5.08. The molecule has 8 nitrogen and oxygen atoms in total. The minimum atomic E-state index is -1.15. The van der Waals surface area contributed by atoms with Gasteiger partial charge in [0.2, 0.25) is 5.91 Å². The first-order valence-corrected chi connectivity index (χ1v) is 11.3. The molecule has 0 fully saturated rings. The fourth-order valence-electron chi connectivity index (χ4n) is 3.94. The first-order valence-electron chi connectivity index (χ1n) is 10.5. The summed E-state index contributed by atoms with van der Waals surface area (Å²) in [5.74, 6) is 0.602. The number of rotatable bonds is 8. The monoisotopic (exact) mass is 475 g/mol. The molecule has 0 saturated carbocycles. The summed E-state index contributed by atoms with van der Waals surface area (Å²) in [7, 11) is 0. The number of aromatic nitrogens is 1. The molecule has 1 aliphatic carbocycles. The van der Waals surface area contributed by atoms with Crippen LogP contribution in [-0.4, -0.2) is 52.7 Å². The van der Waals surface area contributed by atoms with Crippen molar-refractivity contribution >= 4 is 34.4 Å². The number of hydrogen-bond donors (Lipinski definition) is 2. The maximum atomic E-state index is 12.4. The fraction of sp³-hybridized carbons (Fsp3) is 0.200. The molecule has 0 aliphatic heterocycles. The molecule has 2 N–H and O–H groups in total. The lowest BCUT2D eigenvalue weighted by Gasteiger charge is -2.17. The molecule has 1 aromatic heterocycles. The summed E-state index contributed by atoms with van der Waals surface area (Å²) in [4.78, 5) is 41.0. The van der Waals surface area contributed by atoms with Crippen LogP contribution < -0.4 is 5.32 Å². The Hall–Kier alpha value is -4.16. The zero-order chi connectivity index (χ0) is 24.1. The average molecular weight is 476 g/mol. The van der Waals surface area contributed by atoms with Crippen LogP contribution in [0.15, 0.2) is 53.9 Å². The molecule has 0 saturated heterocycles. The summed E-state index contributed by atoms with van der Waals surface area (Å²) in [5, 5.41) is 13.4. The second-order valence-electron chi connectivity index (χ2n) is 7.62. The molecule has 34 heavy (non-hydrogen) atoms. The topological polar surface area (TPSA) is 109 Å². The normalized spacial score (nSPS) is 11.7. The number of nitrogens with zero attached hydrogens (tertiary/aromatic N) is 2. The SMILES string of the molecule is C#CCN(CC(=O)O)C(=O)Cc1csc(NC(=O)OCC2c3ccccc3-c3ccccc32)n1. The predicted octanol–water partition coefficient (Wildman–Crippen LogP) is 3.59. The fourth-order valence-corrected chi connectivity index (χ4v) is 4.64. The van der Waals surface area contributed by atoms with Crippen LogP contribution in [-0.2, 0) is 20.7 Å². The van der Waals surface area contributed by atoms with Crippen LogP contribution in [0.3, 0.4) is 0 Å². The lowest BCUT2D eigenvalue weighted by atomic mass is 9.98. The Morgan fingerprint density at radius 2 is 1.76 bits per heavy atom. The zero-order valence-electron chi connectivity index (χ0n) is 18.1. The summed E-state index contributed by atoms with van der Waals surface area (Å²) in [6.45, 7) is -0.426. The molecule has 0 radical (unpaired) electrons. The molecule has 9 heteroatoms. The number of amides is 2. The van der Waals surface area contributed by atoms with Crippen molar-refractivity contribution in [3.05, 3.63) is 70.7 Å². The van der Waals surface area contributed by atoms with Crippen LogP contribution >= 0.6 is 11.3 Å². The van der Waals surface area contributed by atoms with Gasteiger partial charge in [0.05, 0.1) is 18.7 Å². The lowest BCUT2D eigenvalue weighted by Crippen LogP contribution is -2.37. The largest absolute Gasteiger partial charge is 0.480 e. The van der Waals surface area contributed by atoms with Crippen molar-refractivity contribution in [3.8, 4) is 23.5 Å². The summed E-state index contributed by atoms with van der Waals surface area (Å²) in [6, 6.07) is 16.1. The van der Waals surface area contributed by atoms with E-state index >= 15 is 0 Å². The Kier molecular flexibility index (Phi) is 6.90. The van der Waals surface area contributed by atoms with Crippen molar-refractivity contribution in [1.29, 1.82) is 0 Å². The summed E-state index contributed by atoms with van der Waals surface area (Å²) < 4.78 is 5.50. The summed E-state index contributed by atoms with van der Waals surface area (Å²) in [6.07, 6.45) is 4.44. The third-order valence-corrected chi connectivity index (χ3v) is 6.20. The van der Waals surface area contributed by atoms with Crippen LogP contribution in [0.2, 0.25) is 0 Å². The number of hydrogen-bond acceptors (Lipinski definition) is 6. The van der Waals surface area contributed by atoms with Crippen molar-refractivity contribution < 1.29 is 24.2 Å². The van der Waals surface area contributed by atoms with Gasteiger partial charge in [-0.2, -0.15) is 0 Å². The number of carbonyl (C=O) groups is 3. The Morgan fingerprint density at radius 3 is 2.38 bits per heavy atom. The van der Waals surface area contributed by atoms with Gasteiger partial charge in [0.25, 0.3) is 0 Å². The maximum absolute atomic E-state index is 12.4. The summed E-state index contributed by atoms with van der Waals surface area (Å²) in [5.41, 5.74) is 4.91. The molecule has 0 spiro atoms. The Bertz CT molecular complexity index is 1230. The van der Waals surface area contributed by atoms with Crippen molar-refractivity contribution in [2.45, 2.75) is 12.3 Å². The molecule has 0 atom stereocenters. The molecule has 172 valence electrons. The highest BCUT2D eigenvalue weighted by Gasteiger charge is 2.29. The Labute approximate surface area is 200 Å².